The van der Waals surface area contributed by atoms with E-state index in [-0.39, 0.29) is 0 Å². The summed E-state index contributed by atoms with van der Waals surface area (Å²) in [5, 5.41) is 3.50. The first-order valence-electron chi connectivity index (χ1n) is 5.81. The van der Waals surface area contributed by atoms with Gasteiger partial charge in [0, 0.05) is 25.7 Å². The van der Waals surface area contributed by atoms with Gasteiger partial charge in [-0.2, -0.15) is 0 Å². The van der Waals surface area contributed by atoms with E-state index in [1.54, 1.807) is 0 Å². The van der Waals surface area contributed by atoms with Gasteiger partial charge < -0.3 is 5.32 Å². The molecular weight excluding hydrogens is 172 g/mol. The quantitative estimate of drug-likeness (QED) is 0.572. The van der Waals surface area contributed by atoms with Crippen molar-refractivity contribution in [1.29, 1.82) is 0 Å². The van der Waals surface area contributed by atoms with Crippen LogP contribution in [-0.2, 0) is 0 Å². The lowest BCUT2D eigenvalue weighted by Crippen LogP contribution is -2.36. The molecule has 14 heavy (non-hydrogen) atoms. The van der Waals surface area contributed by atoms with Gasteiger partial charge >= 0.3 is 0 Å². The molecule has 1 N–H and O–H groups in total. The van der Waals surface area contributed by atoms with Crippen LogP contribution in [0.3, 0.4) is 0 Å². The Morgan fingerprint density at radius 3 is 2.57 bits per heavy atom. The maximum Gasteiger partial charge on any atom is 0.0161 e. The lowest BCUT2D eigenvalue weighted by atomic mass is 10.2. The standard InChI is InChI=1S/C12H26N2/c1-5-9-14(10-6-2)11-8-13-12(4)7-3/h5,12-13H,1,6-11H2,2-4H3. The highest BCUT2D eigenvalue weighted by Gasteiger charge is 2.02. The van der Waals surface area contributed by atoms with Crippen LogP contribution in [0.4, 0.5) is 0 Å². The minimum atomic E-state index is 0.641. The molecule has 0 aliphatic carbocycles. The monoisotopic (exact) mass is 198 g/mol. The summed E-state index contributed by atoms with van der Waals surface area (Å²) in [5.74, 6) is 0. The van der Waals surface area contributed by atoms with E-state index in [1.165, 1.54) is 19.4 Å². The molecule has 0 rings (SSSR count). The highest BCUT2D eigenvalue weighted by atomic mass is 15.1. The molecule has 0 radical (unpaired) electrons. The first kappa shape index (κ1) is 13.7. The normalized spacial score (nSPS) is 13.1. The number of nitrogens with one attached hydrogen (secondary N) is 1. The van der Waals surface area contributed by atoms with Crippen molar-refractivity contribution < 1.29 is 0 Å². The molecule has 2 heteroatoms. The van der Waals surface area contributed by atoms with Crippen LogP contribution in [0.1, 0.15) is 33.6 Å². The Kier molecular flexibility index (Phi) is 9.00. The molecule has 0 saturated carbocycles. The third kappa shape index (κ3) is 7.10. The molecule has 0 aromatic heterocycles. The fraction of sp³-hybridized carbons (Fsp3) is 0.833. The molecule has 1 atom stereocenters. The van der Waals surface area contributed by atoms with E-state index in [2.05, 4.69) is 37.6 Å². The summed E-state index contributed by atoms with van der Waals surface area (Å²) in [6, 6.07) is 0.641. The molecule has 0 amide bonds. The lowest BCUT2D eigenvalue weighted by molar-refractivity contribution is 0.296. The van der Waals surface area contributed by atoms with Crippen LogP contribution in [0.25, 0.3) is 0 Å². The average Bonchev–Trinajstić information content (AvgIpc) is 2.18. The van der Waals surface area contributed by atoms with Crippen LogP contribution in [-0.4, -0.2) is 37.1 Å². The van der Waals surface area contributed by atoms with E-state index in [9.17, 15) is 0 Å². The van der Waals surface area contributed by atoms with Gasteiger partial charge in [0.25, 0.3) is 0 Å². The van der Waals surface area contributed by atoms with E-state index in [0.717, 1.165) is 19.6 Å². The Hall–Kier alpha value is -0.340. The predicted molar refractivity (Wildman–Crippen MR) is 64.7 cm³/mol. The Bertz CT molecular complexity index is 134. The third-order valence-electron chi connectivity index (χ3n) is 2.46. The maximum atomic E-state index is 3.78. The largest absolute Gasteiger partial charge is 0.313 e. The molecule has 0 saturated heterocycles. The predicted octanol–water partition coefficient (Wildman–Crippen LogP) is 2.27. The molecule has 0 aliphatic rings. The van der Waals surface area contributed by atoms with Gasteiger partial charge in [-0.3, -0.25) is 4.90 Å². The number of nitrogens with zero attached hydrogens (tertiary/aromatic N) is 1. The Balaban J connectivity index is 3.53. The van der Waals surface area contributed by atoms with Gasteiger partial charge in [-0.25, -0.2) is 0 Å². The maximum absolute atomic E-state index is 3.78. The van der Waals surface area contributed by atoms with E-state index in [4.69, 9.17) is 0 Å². The Morgan fingerprint density at radius 1 is 1.36 bits per heavy atom. The summed E-state index contributed by atoms with van der Waals surface area (Å²) in [5.41, 5.74) is 0. The van der Waals surface area contributed by atoms with Crippen molar-refractivity contribution in [2.75, 3.05) is 26.2 Å². The second-order valence-corrected chi connectivity index (χ2v) is 3.85. The molecule has 0 aromatic rings. The van der Waals surface area contributed by atoms with Gasteiger partial charge in [-0.15, -0.1) is 6.58 Å². The fourth-order valence-corrected chi connectivity index (χ4v) is 1.41. The molecule has 0 aromatic carbocycles. The molecule has 0 heterocycles. The molecule has 84 valence electrons. The Labute approximate surface area is 89.4 Å². The highest BCUT2D eigenvalue weighted by molar-refractivity contribution is 4.74. The summed E-state index contributed by atoms with van der Waals surface area (Å²) in [4.78, 5) is 2.43. The zero-order chi connectivity index (χ0) is 10.8. The molecule has 0 spiro atoms. The number of hydrogen-bond acceptors (Lipinski definition) is 2. The Morgan fingerprint density at radius 2 is 2.07 bits per heavy atom. The SMILES string of the molecule is C=CCN(CCC)CCNC(C)CC. The minimum Gasteiger partial charge on any atom is -0.313 e. The van der Waals surface area contributed by atoms with Gasteiger partial charge in [-0.1, -0.05) is 19.9 Å². The van der Waals surface area contributed by atoms with E-state index < -0.39 is 0 Å². The first-order valence-corrected chi connectivity index (χ1v) is 5.81. The van der Waals surface area contributed by atoms with Crippen molar-refractivity contribution in [2.45, 2.75) is 39.7 Å². The number of rotatable bonds is 9. The molecular formula is C12H26N2. The first-order chi connectivity index (χ1) is 6.74. The van der Waals surface area contributed by atoms with Crippen LogP contribution in [0.15, 0.2) is 12.7 Å². The highest BCUT2D eigenvalue weighted by Crippen LogP contribution is 1.92. The van der Waals surface area contributed by atoms with Gasteiger partial charge in [0.05, 0.1) is 0 Å². The van der Waals surface area contributed by atoms with Crippen molar-refractivity contribution in [3.63, 3.8) is 0 Å². The summed E-state index contributed by atoms with van der Waals surface area (Å²) in [6.45, 7) is 14.8. The topological polar surface area (TPSA) is 15.3 Å². The zero-order valence-electron chi connectivity index (χ0n) is 10.1. The van der Waals surface area contributed by atoms with Gasteiger partial charge in [0.1, 0.15) is 0 Å². The van der Waals surface area contributed by atoms with Gasteiger partial charge in [0.2, 0.25) is 0 Å². The third-order valence-corrected chi connectivity index (χ3v) is 2.46. The molecule has 0 bridgehead atoms. The second kappa shape index (κ2) is 9.22. The van der Waals surface area contributed by atoms with Gasteiger partial charge in [-0.05, 0) is 26.3 Å². The van der Waals surface area contributed by atoms with Crippen LogP contribution < -0.4 is 5.32 Å². The molecule has 0 aliphatic heterocycles. The van der Waals surface area contributed by atoms with Crippen LogP contribution in [0.2, 0.25) is 0 Å². The van der Waals surface area contributed by atoms with E-state index in [1.807, 2.05) is 6.08 Å². The summed E-state index contributed by atoms with van der Waals surface area (Å²) in [6.07, 6.45) is 4.41. The van der Waals surface area contributed by atoms with Crippen molar-refractivity contribution >= 4 is 0 Å². The van der Waals surface area contributed by atoms with Crippen molar-refractivity contribution in [2.24, 2.45) is 0 Å². The zero-order valence-corrected chi connectivity index (χ0v) is 10.1. The van der Waals surface area contributed by atoms with E-state index in [0.29, 0.717) is 6.04 Å². The molecule has 0 fully saturated rings. The van der Waals surface area contributed by atoms with Crippen molar-refractivity contribution in [3.8, 4) is 0 Å². The molecule has 1 unspecified atom stereocenters. The summed E-state index contributed by atoms with van der Waals surface area (Å²) < 4.78 is 0. The van der Waals surface area contributed by atoms with Crippen molar-refractivity contribution in [3.05, 3.63) is 12.7 Å². The smallest absolute Gasteiger partial charge is 0.0161 e. The average molecular weight is 198 g/mol. The van der Waals surface area contributed by atoms with Crippen molar-refractivity contribution in [1.82, 2.24) is 10.2 Å². The minimum absolute atomic E-state index is 0.641. The van der Waals surface area contributed by atoms with Crippen LogP contribution >= 0.6 is 0 Å². The molecule has 2 nitrogen and oxygen atoms in total. The van der Waals surface area contributed by atoms with Crippen LogP contribution in [0, 0.1) is 0 Å². The lowest BCUT2D eigenvalue weighted by Gasteiger charge is -2.21. The van der Waals surface area contributed by atoms with E-state index >= 15 is 0 Å². The summed E-state index contributed by atoms with van der Waals surface area (Å²) in [7, 11) is 0. The fourth-order valence-electron chi connectivity index (χ4n) is 1.41. The van der Waals surface area contributed by atoms with Crippen LogP contribution in [0.5, 0.6) is 0 Å². The second-order valence-electron chi connectivity index (χ2n) is 3.85. The number of hydrogen-bond donors (Lipinski definition) is 1. The summed E-state index contributed by atoms with van der Waals surface area (Å²) >= 11 is 0. The van der Waals surface area contributed by atoms with Gasteiger partial charge in [0.15, 0.2) is 0 Å².